The number of nitrogens with zero attached hydrogens (tertiary/aromatic N) is 1. The van der Waals surface area contributed by atoms with Gasteiger partial charge in [0.05, 0.1) is 18.5 Å². The molecule has 25 heavy (non-hydrogen) atoms. The van der Waals surface area contributed by atoms with Crippen molar-refractivity contribution in [1.82, 2.24) is 0 Å². The summed E-state index contributed by atoms with van der Waals surface area (Å²) in [7, 11) is 1.63. The second kappa shape index (κ2) is 8.38. The van der Waals surface area contributed by atoms with Crippen molar-refractivity contribution in [2.24, 2.45) is 0 Å². The van der Waals surface area contributed by atoms with Crippen molar-refractivity contribution >= 4 is 23.4 Å². The second-order valence-electron chi connectivity index (χ2n) is 6.16. The summed E-state index contributed by atoms with van der Waals surface area (Å²) in [6.07, 6.45) is 7.05. The first-order valence-electron chi connectivity index (χ1n) is 8.73. The van der Waals surface area contributed by atoms with Crippen LogP contribution in [0.4, 0.5) is 11.4 Å². The monoisotopic (exact) mass is 336 g/mol. The van der Waals surface area contributed by atoms with Crippen LogP contribution < -0.4 is 15.0 Å². The Morgan fingerprint density at radius 3 is 2.68 bits per heavy atom. The van der Waals surface area contributed by atoms with Crippen LogP contribution in [-0.2, 0) is 4.79 Å². The summed E-state index contributed by atoms with van der Waals surface area (Å²) >= 11 is 0. The van der Waals surface area contributed by atoms with E-state index in [1.807, 2.05) is 42.5 Å². The summed E-state index contributed by atoms with van der Waals surface area (Å²) < 4.78 is 5.20. The lowest BCUT2D eigenvalue weighted by Crippen LogP contribution is -2.30. The SMILES string of the molecule is COc1cccc(C=CC(=O)Nc2ccccc2N2CCCCC2)c1. The van der Waals surface area contributed by atoms with Gasteiger partial charge in [0.25, 0.3) is 0 Å². The number of hydrogen-bond donors (Lipinski definition) is 1. The summed E-state index contributed by atoms with van der Waals surface area (Å²) in [4.78, 5) is 14.7. The Labute approximate surface area is 149 Å². The third-order valence-corrected chi connectivity index (χ3v) is 4.38. The number of nitrogens with one attached hydrogen (secondary N) is 1. The standard InChI is InChI=1S/C21H24N2O2/c1-25-18-9-7-8-17(16-18)12-13-21(24)22-19-10-3-4-11-20(19)23-14-5-2-6-15-23/h3-4,7-13,16H,2,5-6,14-15H2,1H3,(H,22,24). The van der Waals surface area contributed by atoms with Gasteiger partial charge < -0.3 is 15.0 Å². The quantitative estimate of drug-likeness (QED) is 0.826. The van der Waals surface area contributed by atoms with E-state index in [0.717, 1.165) is 35.8 Å². The number of ether oxygens (including phenoxy) is 1. The van der Waals surface area contributed by atoms with E-state index in [9.17, 15) is 4.79 Å². The normalized spacial score (nSPS) is 14.5. The Morgan fingerprint density at radius 1 is 1.08 bits per heavy atom. The predicted molar refractivity (Wildman–Crippen MR) is 103 cm³/mol. The van der Waals surface area contributed by atoms with E-state index in [4.69, 9.17) is 4.74 Å². The molecular formula is C21H24N2O2. The minimum Gasteiger partial charge on any atom is -0.497 e. The third kappa shape index (κ3) is 4.63. The highest BCUT2D eigenvalue weighted by Crippen LogP contribution is 2.28. The van der Waals surface area contributed by atoms with Crippen molar-refractivity contribution in [3.8, 4) is 5.75 Å². The Kier molecular flexibility index (Phi) is 5.73. The average Bonchev–Trinajstić information content (AvgIpc) is 2.68. The number of amides is 1. The zero-order valence-corrected chi connectivity index (χ0v) is 14.6. The van der Waals surface area contributed by atoms with Crippen LogP contribution in [0.5, 0.6) is 5.75 Å². The number of rotatable bonds is 5. The van der Waals surface area contributed by atoms with Crippen LogP contribution in [0.25, 0.3) is 6.08 Å². The topological polar surface area (TPSA) is 41.6 Å². The van der Waals surface area contributed by atoms with Crippen molar-refractivity contribution in [2.75, 3.05) is 30.4 Å². The maximum absolute atomic E-state index is 12.3. The van der Waals surface area contributed by atoms with Crippen LogP contribution >= 0.6 is 0 Å². The molecule has 0 atom stereocenters. The van der Waals surface area contributed by atoms with Crippen LogP contribution in [0.1, 0.15) is 24.8 Å². The van der Waals surface area contributed by atoms with E-state index in [-0.39, 0.29) is 5.91 Å². The summed E-state index contributed by atoms with van der Waals surface area (Å²) in [5.74, 6) is 0.644. The highest BCUT2D eigenvalue weighted by Gasteiger charge is 2.14. The number of hydrogen-bond acceptors (Lipinski definition) is 3. The first kappa shape index (κ1) is 17.1. The lowest BCUT2D eigenvalue weighted by Gasteiger charge is -2.30. The van der Waals surface area contributed by atoms with Gasteiger partial charge in [-0.3, -0.25) is 4.79 Å². The van der Waals surface area contributed by atoms with Gasteiger partial charge in [0.15, 0.2) is 0 Å². The lowest BCUT2D eigenvalue weighted by atomic mass is 10.1. The zero-order chi connectivity index (χ0) is 17.5. The molecular weight excluding hydrogens is 312 g/mol. The van der Waals surface area contributed by atoms with Crippen LogP contribution in [0.3, 0.4) is 0 Å². The van der Waals surface area contributed by atoms with Gasteiger partial charge in [0, 0.05) is 19.2 Å². The number of anilines is 2. The molecule has 1 saturated heterocycles. The first-order chi connectivity index (χ1) is 12.3. The summed E-state index contributed by atoms with van der Waals surface area (Å²) in [6, 6.07) is 15.6. The van der Waals surface area contributed by atoms with Gasteiger partial charge >= 0.3 is 0 Å². The number of para-hydroxylation sites is 2. The summed E-state index contributed by atoms with van der Waals surface area (Å²) in [5, 5.41) is 3.01. The number of carbonyl (C=O) groups is 1. The molecule has 2 aromatic rings. The summed E-state index contributed by atoms with van der Waals surface area (Å²) in [5.41, 5.74) is 2.90. The first-order valence-corrected chi connectivity index (χ1v) is 8.73. The molecule has 0 radical (unpaired) electrons. The van der Waals surface area contributed by atoms with Gasteiger partial charge in [-0.1, -0.05) is 24.3 Å². The fraction of sp³-hybridized carbons (Fsp3) is 0.286. The smallest absolute Gasteiger partial charge is 0.248 e. The molecule has 4 nitrogen and oxygen atoms in total. The van der Waals surface area contributed by atoms with Gasteiger partial charge in [-0.25, -0.2) is 0 Å². The molecule has 0 aliphatic carbocycles. The van der Waals surface area contributed by atoms with E-state index >= 15 is 0 Å². The number of benzene rings is 2. The number of carbonyl (C=O) groups excluding carboxylic acids is 1. The maximum Gasteiger partial charge on any atom is 0.248 e. The second-order valence-corrected chi connectivity index (χ2v) is 6.16. The molecule has 4 heteroatoms. The molecule has 1 heterocycles. The van der Waals surface area contributed by atoms with Gasteiger partial charge in [-0.05, 0) is 55.2 Å². The van der Waals surface area contributed by atoms with Crippen molar-refractivity contribution in [1.29, 1.82) is 0 Å². The van der Waals surface area contributed by atoms with Gasteiger partial charge in [-0.15, -0.1) is 0 Å². The Balaban J connectivity index is 1.69. The Morgan fingerprint density at radius 2 is 1.88 bits per heavy atom. The number of piperidine rings is 1. The maximum atomic E-state index is 12.3. The van der Waals surface area contributed by atoms with Crippen LogP contribution in [0.15, 0.2) is 54.6 Å². The van der Waals surface area contributed by atoms with Crippen molar-refractivity contribution in [3.05, 3.63) is 60.2 Å². The van der Waals surface area contributed by atoms with Gasteiger partial charge in [-0.2, -0.15) is 0 Å². The average molecular weight is 336 g/mol. The molecule has 1 N–H and O–H groups in total. The predicted octanol–water partition coefficient (Wildman–Crippen LogP) is 4.34. The van der Waals surface area contributed by atoms with Gasteiger partial charge in [0.1, 0.15) is 5.75 Å². The van der Waals surface area contributed by atoms with E-state index in [0.29, 0.717) is 0 Å². The van der Waals surface area contributed by atoms with Crippen molar-refractivity contribution < 1.29 is 9.53 Å². The molecule has 3 rings (SSSR count). The Hall–Kier alpha value is -2.75. The molecule has 1 aliphatic heterocycles. The lowest BCUT2D eigenvalue weighted by molar-refractivity contribution is -0.111. The molecule has 0 spiro atoms. The van der Waals surface area contributed by atoms with Crippen LogP contribution in [0, 0.1) is 0 Å². The molecule has 0 bridgehead atoms. The van der Waals surface area contributed by atoms with E-state index in [1.54, 1.807) is 19.3 Å². The minimum atomic E-state index is -0.132. The highest BCUT2D eigenvalue weighted by molar-refractivity contribution is 6.03. The highest BCUT2D eigenvalue weighted by atomic mass is 16.5. The molecule has 0 aromatic heterocycles. The van der Waals surface area contributed by atoms with E-state index in [2.05, 4.69) is 16.3 Å². The molecule has 1 fully saturated rings. The molecule has 2 aromatic carbocycles. The molecule has 1 amide bonds. The van der Waals surface area contributed by atoms with E-state index in [1.165, 1.54) is 19.3 Å². The van der Waals surface area contributed by atoms with Crippen molar-refractivity contribution in [3.63, 3.8) is 0 Å². The van der Waals surface area contributed by atoms with E-state index < -0.39 is 0 Å². The fourth-order valence-electron chi connectivity index (χ4n) is 3.08. The fourth-order valence-corrected chi connectivity index (χ4v) is 3.08. The number of methoxy groups -OCH3 is 1. The molecule has 0 unspecified atom stereocenters. The third-order valence-electron chi connectivity index (χ3n) is 4.38. The van der Waals surface area contributed by atoms with Crippen LogP contribution in [0.2, 0.25) is 0 Å². The van der Waals surface area contributed by atoms with Gasteiger partial charge in [0.2, 0.25) is 5.91 Å². The largest absolute Gasteiger partial charge is 0.497 e. The molecule has 1 aliphatic rings. The molecule has 130 valence electrons. The van der Waals surface area contributed by atoms with Crippen LogP contribution in [-0.4, -0.2) is 26.1 Å². The minimum absolute atomic E-state index is 0.132. The van der Waals surface area contributed by atoms with Crippen molar-refractivity contribution in [2.45, 2.75) is 19.3 Å². The molecule has 0 saturated carbocycles. The summed E-state index contributed by atoms with van der Waals surface area (Å²) in [6.45, 7) is 2.10. The zero-order valence-electron chi connectivity index (χ0n) is 14.6. The Bertz CT molecular complexity index is 749.